The Morgan fingerprint density at radius 2 is 2.00 bits per heavy atom. The highest BCUT2D eigenvalue weighted by atomic mass is 32.2. The molecule has 4 nitrogen and oxygen atoms in total. The van der Waals surface area contributed by atoms with Gasteiger partial charge in [-0.2, -0.15) is 0 Å². The van der Waals surface area contributed by atoms with Gasteiger partial charge in [0.05, 0.1) is 5.25 Å². The van der Waals surface area contributed by atoms with Crippen LogP contribution in [0.4, 0.5) is 0 Å². The van der Waals surface area contributed by atoms with Crippen LogP contribution in [0.2, 0.25) is 0 Å². The molecular weight excluding hydrogens is 262 g/mol. The summed E-state index contributed by atoms with van der Waals surface area (Å²) in [6.45, 7) is 2.43. The van der Waals surface area contributed by atoms with Crippen LogP contribution < -0.4 is 0 Å². The van der Waals surface area contributed by atoms with Crippen molar-refractivity contribution in [3.8, 4) is 0 Å². The van der Waals surface area contributed by atoms with Crippen LogP contribution in [0, 0.1) is 0 Å². The first-order valence-electron chi connectivity index (χ1n) is 7.10. The number of hydrogen-bond donors (Lipinski definition) is 0. The minimum absolute atomic E-state index is 0.106. The van der Waals surface area contributed by atoms with Crippen molar-refractivity contribution in [2.24, 2.45) is 0 Å². The van der Waals surface area contributed by atoms with Crippen molar-refractivity contribution >= 4 is 29.9 Å². The molecule has 19 heavy (non-hydrogen) atoms. The summed E-state index contributed by atoms with van der Waals surface area (Å²) in [5.74, 6) is 0.704. The first kappa shape index (κ1) is 16.2. The molecule has 1 heterocycles. The molecule has 0 aromatic carbocycles. The minimum atomic E-state index is -0.217. The van der Waals surface area contributed by atoms with Crippen LogP contribution in [0.15, 0.2) is 0 Å². The SMILES string of the molecule is CCCCCCCSC1CC(=O)N(CCC=O)C1=O. The Balaban J connectivity index is 2.22. The van der Waals surface area contributed by atoms with Gasteiger partial charge in [0, 0.05) is 19.4 Å². The largest absolute Gasteiger partial charge is 0.303 e. The van der Waals surface area contributed by atoms with Gasteiger partial charge in [-0.1, -0.05) is 32.6 Å². The molecule has 1 atom stereocenters. The second kappa shape index (κ2) is 9.13. The first-order valence-corrected chi connectivity index (χ1v) is 8.15. The number of aldehydes is 1. The van der Waals surface area contributed by atoms with Gasteiger partial charge in [-0.05, 0) is 12.2 Å². The molecule has 5 heteroatoms. The summed E-state index contributed by atoms with van der Waals surface area (Å²) in [7, 11) is 0. The number of likely N-dealkylation sites (tertiary alicyclic amines) is 1. The highest BCUT2D eigenvalue weighted by Crippen LogP contribution is 2.26. The predicted octanol–water partition coefficient (Wildman–Crippen LogP) is 2.41. The summed E-state index contributed by atoms with van der Waals surface area (Å²) >= 11 is 1.59. The van der Waals surface area contributed by atoms with Gasteiger partial charge >= 0.3 is 0 Å². The van der Waals surface area contributed by atoms with Gasteiger partial charge in [0.25, 0.3) is 0 Å². The van der Waals surface area contributed by atoms with E-state index in [9.17, 15) is 14.4 Å². The molecule has 1 aliphatic heterocycles. The van der Waals surface area contributed by atoms with E-state index < -0.39 is 0 Å². The summed E-state index contributed by atoms with van der Waals surface area (Å²) in [6.07, 6.45) is 7.35. The van der Waals surface area contributed by atoms with Crippen molar-refractivity contribution in [3.05, 3.63) is 0 Å². The molecule has 0 N–H and O–H groups in total. The third-order valence-corrected chi connectivity index (χ3v) is 4.54. The van der Waals surface area contributed by atoms with E-state index in [1.54, 1.807) is 11.8 Å². The van der Waals surface area contributed by atoms with Crippen LogP contribution in [0.3, 0.4) is 0 Å². The average molecular weight is 285 g/mol. The summed E-state index contributed by atoms with van der Waals surface area (Å²) in [5, 5.41) is -0.217. The molecule has 1 unspecified atom stereocenters. The molecule has 0 bridgehead atoms. The molecular formula is C14H23NO3S. The second-order valence-electron chi connectivity index (χ2n) is 4.82. The van der Waals surface area contributed by atoms with Gasteiger partial charge in [-0.3, -0.25) is 14.5 Å². The molecule has 0 aliphatic carbocycles. The zero-order valence-corrected chi connectivity index (χ0v) is 12.4. The molecule has 108 valence electrons. The Morgan fingerprint density at radius 1 is 1.26 bits per heavy atom. The molecule has 0 radical (unpaired) electrons. The van der Waals surface area contributed by atoms with E-state index in [0.717, 1.165) is 18.5 Å². The highest BCUT2D eigenvalue weighted by Gasteiger charge is 2.37. The van der Waals surface area contributed by atoms with Crippen molar-refractivity contribution in [3.63, 3.8) is 0 Å². The fourth-order valence-electron chi connectivity index (χ4n) is 2.13. The molecule has 2 amide bonds. The topological polar surface area (TPSA) is 54.5 Å². The summed E-state index contributed by atoms with van der Waals surface area (Å²) < 4.78 is 0. The van der Waals surface area contributed by atoms with Crippen molar-refractivity contribution < 1.29 is 14.4 Å². The van der Waals surface area contributed by atoms with Crippen LogP contribution in [-0.2, 0) is 14.4 Å². The summed E-state index contributed by atoms with van der Waals surface area (Å²) in [5.41, 5.74) is 0. The normalized spacial score (nSPS) is 19.2. The van der Waals surface area contributed by atoms with E-state index in [1.807, 2.05) is 0 Å². The number of hydrogen-bond acceptors (Lipinski definition) is 4. The minimum Gasteiger partial charge on any atom is -0.303 e. The lowest BCUT2D eigenvalue weighted by molar-refractivity contribution is -0.138. The van der Waals surface area contributed by atoms with E-state index in [1.165, 1.54) is 30.6 Å². The molecule has 1 saturated heterocycles. The van der Waals surface area contributed by atoms with Crippen LogP contribution in [0.5, 0.6) is 0 Å². The number of rotatable bonds is 10. The summed E-state index contributed by atoms with van der Waals surface area (Å²) in [6, 6.07) is 0. The molecule has 0 saturated carbocycles. The van der Waals surface area contributed by atoms with Crippen LogP contribution in [0.25, 0.3) is 0 Å². The van der Waals surface area contributed by atoms with Crippen molar-refractivity contribution in [2.45, 2.75) is 57.1 Å². The van der Waals surface area contributed by atoms with Crippen molar-refractivity contribution in [1.82, 2.24) is 4.90 Å². The molecule has 1 aliphatic rings. The fraction of sp³-hybridized carbons (Fsp3) is 0.786. The maximum Gasteiger partial charge on any atom is 0.242 e. The smallest absolute Gasteiger partial charge is 0.242 e. The van der Waals surface area contributed by atoms with E-state index >= 15 is 0 Å². The van der Waals surface area contributed by atoms with E-state index in [-0.39, 0.29) is 30.0 Å². The molecule has 1 rings (SSSR count). The number of thioether (sulfide) groups is 1. The maximum absolute atomic E-state index is 12.0. The van der Waals surface area contributed by atoms with Crippen LogP contribution >= 0.6 is 11.8 Å². The van der Waals surface area contributed by atoms with E-state index in [4.69, 9.17) is 0 Å². The van der Waals surface area contributed by atoms with E-state index in [0.29, 0.717) is 6.42 Å². The number of nitrogens with zero attached hydrogens (tertiary/aromatic N) is 1. The average Bonchev–Trinajstić information content (AvgIpc) is 2.67. The fourth-order valence-corrected chi connectivity index (χ4v) is 3.32. The number of carbonyl (C=O) groups excluding carboxylic acids is 3. The zero-order chi connectivity index (χ0) is 14.1. The number of unbranched alkanes of at least 4 members (excludes halogenated alkanes) is 4. The van der Waals surface area contributed by atoms with Gasteiger partial charge in [-0.15, -0.1) is 11.8 Å². The quantitative estimate of drug-likeness (QED) is 0.351. The monoisotopic (exact) mass is 285 g/mol. The lowest BCUT2D eigenvalue weighted by Crippen LogP contribution is -2.32. The van der Waals surface area contributed by atoms with E-state index in [2.05, 4.69) is 6.92 Å². The lowest BCUT2D eigenvalue weighted by Gasteiger charge is -2.12. The van der Waals surface area contributed by atoms with Crippen LogP contribution in [0.1, 0.15) is 51.9 Å². The van der Waals surface area contributed by atoms with Gasteiger partial charge in [-0.25, -0.2) is 0 Å². The Bertz CT molecular complexity index is 320. The standard InChI is InChI=1S/C14H23NO3S/c1-2-3-4-5-6-10-19-12-11-13(17)15(14(12)18)8-7-9-16/h9,12H,2-8,10-11H2,1H3. The molecule has 0 spiro atoms. The number of carbonyl (C=O) groups is 3. The Morgan fingerprint density at radius 3 is 2.68 bits per heavy atom. The zero-order valence-electron chi connectivity index (χ0n) is 11.6. The molecule has 0 aromatic rings. The predicted molar refractivity (Wildman–Crippen MR) is 77.0 cm³/mol. The number of amides is 2. The van der Waals surface area contributed by atoms with Crippen molar-refractivity contribution in [2.75, 3.05) is 12.3 Å². The maximum atomic E-state index is 12.0. The third kappa shape index (κ3) is 5.35. The first-order chi connectivity index (χ1) is 9.20. The Kier molecular flexibility index (Phi) is 7.79. The summed E-state index contributed by atoms with van der Waals surface area (Å²) in [4.78, 5) is 35.1. The van der Waals surface area contributed by atoms with Gasteiger partial charge in [0.1, 0.15) is 6.29 Å². The molecule has 0 aromatic heterocycles. The van der Waals surface area contributed by atoms with Gasteiger partial charge in [0.15, 0.2) is 0 Å². The third-order valence-electron chi connectivity index (χ3n) is 3.24. The van der Waals surface area contributed by atoms with Gasteiger partial charge in [0.2, 0.25) is 11.8 Å². The van der Waals surface area contributed by atoms with Gasteiger partial charge < -0.3 is 4.79 Å². The second-order valence-corrected chi connectivity index (χ2v) is 6.13. The van der Waals surface area contributed by atoms with Crippen LogP contribution in [-0.4, -0.2) is 40.5 Å². The van der Waals surface area contributed by atoms with Crippen molar-refractivity contribution in [1.29, 1.82) is 0 Å². The molecule has 1 fully saturated rings. The Labute approximate surface area is 119 Å². The highest BCUT2D eigenvalue weighted by molar-refractivity contribution is 8.00. The Hall–Kier alpha value is -0.840. The lowest BCUT2D eigenvalue weighted by atomic mass is 10.2. The number of imide groups is 1.